The number of rotatable bonds is 4. The minimum absolute atomic E-state index is 0.164. The average Bonchev–Trinajstić information content (AvgIpc) is 3.02. The van der Waals surface area contributed by atoms with Crippen LogP contribution in [0.25, 0.3) is 22.0 Å². The number of benzene rings is 1. The number of aromatic nitrogens is 3. The standard InChI is InChI=1S/C19H16N4O2/c1-12-16-10-15(11-22-19(16)25-23-12)18(24)21-9-7-14-5-2-4-13-6-3-8-20-17(13)14/h2-6,8,10-11H,7,9H2,1H3,(H,21,24). The number of amides is 1. The van der Waals surface area contributed by atoms with Crippen LogP contribution in [0.5, 0.6) is 0 Å². The molecule has 1 N–H and O–H groups in total. The van der Waals surface area contributed by atoms with E-state index in [0.29, 0.717) is 24.2 Å². The van der Waals surface area contributed by atoms with Crippen molar-refractivity contribution in [3.63, 3.8) is 0 Å². The zero-order valence-corrected chi connectivity index (χ0v) is 13.7. The minimum atomic E-state index is -0.164. The summed E-state index contributed by atoms with van der Waals surface area (Å²) in [4.78, 5) is 20.9. The molecule has 4 rings (SSSR count). The van der Waals surface area contributed by atoms with Crippen molar-refractivity contribution in [2.24, 2.45) is 0 Å². The van der Waals surface area contributed by atoms with Crippen LogP contribution in [0.2, 0.25) is 0 Å². The van der Waals surface area contributed by atoms with Gasteiger partial charge in [0.15, 0.2) is 0 Å². The molecule has 0 atom stereocenters. The SMILES string of the molecule is Cc1noc2ncc(C(=O)NCCc3cccc4cccnc34)cc12. The van der Waals surface area contributed by atoms with E-state index in [-0.39, 0.29) is 5.91 Å². The second-order valence-electron chi connectivity index (χ2n) is 5.84. The number of nitrogens with zero attached hydrogens (tertiary/aromatic N) is 3. The Hall–Kier alpha value is -3.28. The van der Waals surface area contributed by atoms with Crippen LogP contribution < -0.4 is 5.32 Å². The van der Waals surface area contributed by atoms with Crippen molar-refractivity contribution in [1.82, 2.24) is 20.4 Å². The van der Waals surface area contributed by atoms with Crippen LogP contribution in [-0.2, 0) is 6.42 Å². The molecule has 124 valence electrons. The van der Waals surface area contributed by atoms with Gasteiger partial charge in [-0.1, -0.05) is 29.4 Å². The van der Waals surface area contributed by atoms with Crippen LogP contribution >= 0.6 is 0 Å². The molecule has 0 unspecified atom stereocenters. The summed E-state index contributed by atoms with van der Waals surface area (Å²) in [6.07, 6.45) is 4.00. The van der Waals surface area contributed by atoms with Crippen LogP contribution in [0.1, 0.15) is 21.6 Å². The summed E-state index contributed by atoms with van der Waals surface area (Å²) in [5.74, 6) is -0.164. The minimum Gasteiger partial charge on any atom is -0.352 e. The van der Waals surface area contributed by atoms with Crippen molar-refractivity contribution in [2.75, 3.05) is 6.54 Å². The van der Waals surface area contributed by atoms with Gasteiger partial charge in [-0.3, -0.25) is 9.78 Å². The van der Waals surface area contributed by atoms with Gasteiger partial charge in [0.25, 0.3) is 11.6 Å². The highest BCUT2D eigenvalue weighted by atomic mass is 16.5. The lowest BCUT2D eigenvalue weighted by Gasteiger charge is -2.07. The number of carbonyl (C=O) groups excluding carboxylic acids is 1. The van der Waals surface area contributed by atoms with E-state index in [9.17, 15) is 4.79 Å². The van der Waals surface area contributed by atoms with E-state index in [2.05, 4.69) is 20.4 Å². The summed E-state index contributed by atoms with van der Waals surface area (Å²) in [7, 11) is 0. The Labute approximate surface area is 143 Å². The molecular formula is C19H16N4O2. The van der Waals surface area contributed by atoms with Gasteiger partial charge in [-0.2, -0.15) is 0 Å². The predicted molar refractivity (Wildman–Crippen MR) is 94.3 cm³/mol. The lowest BCUT2D eigenvalue weighted by Crippen LogP contribution is -2.25. The van der Waals surface area contributed by atoms with E-state index in [1.165, 1.54) is 6.20 Å². The number of hydrogen-bond acceptors (Lipinski definition) is 5. The van der Waals surface area contributed by atoms with Crippen molar-refractivity contribution >= 4 is 27.9 Å². The lowest BCUT2D eigenvalue weighted by atomic mass is 10.1. The Kier molecular flexibility index (Phi) is 3.85. The summed E-state index contributed by atoms with van der Waals surface area (Å²) in [5, 5.41) is 8.64. The summed E-state index contributed by atoms with van der Waals surface area (Å²) < 4.78 is 5.06. The van der Waals surface area contributed by atoms with Crippen molar-refractivity contribution in [3.8, 4) is 0 Å². The largest absolute Gasteiger partial charge is 0.352 e. The predicted octanol–water partition coefficient (Wildman–Crippen LogP) is 3.05. The highest BCUT2D eigenvalue weighted by Crippen LogP contribution is 2.17. The zero-order chi connectivity index (χ0) is 17.2. The average molecular weight is 332 g/mol. The smallest absolute Gasteiger partial charge is 0.257 e. The van der Waals surface area contributed by atoms with E-state index in [1.54, 1.807) is 12.3 Å². The maximum absolute atomic E-state index is 12.4. The molecule has 25 heavy (non-hydrogen) atoms. The van der Waals surface area contributed by atoms with Crippen LogP contribution in [0.4, 0.5) is 0 Å². The maximum atomic E-state index is 12.4. The Bertz CT molecular complexity index is 1070. The van der Waals surface area contributed by atoms with Gasteiger partial charge in [-0.15, -0.1) is 0 Å². The lowest BCUT2D eigenvalue weighted by molar-refractivity contribution is 0.0954. The van der Waals surface area contributed by atoms with E-state index in [4.69, 9.17) is 4.52 Å². The molecule has 3 heterocycles. The summed E-state index contributed by atoms with van der Waals surface area (Å²) in [6.45, 7) is 2.35. The molecule has 0 aliphatic heterocycles. The molecule has 1 amide bonds. The van der Waals surface area contributed by atoms with Crippen molar-refractivity contribution < 1.29 is 9.32 Å². The summed E-state index contributed by atoms with van der Waals surface area (Å²) in [5.41, 5.74) is 3.74. The van der Waals surface area contributed by atoms with Crippen molar-refractivity contribution in [1.29, 1.82) is 0 Å². The van der Waals surface area contributed by atoms with Gasteiger partial charge in [0.2, 0.25) is 0 Å². The molecule has 0 spiro atoms. The van der Waals surface area contributed by atoms with Gasteiger partial charge in [-0.05, 0) is 31.0 Å². The van der Waals surface area contributed by atoms with Gasteiger partial charge in [-0.25, -0.2) is 4.98 Å². The van der Waals surface area contributed by atoms with Gasteiger partial charge in [0, 0.05) is 24.3 Å². The van der Waals surface area contributed by atoms with E-state index < -0.39 is 0 Å². The first-order chi connectivity index (χ1) is 12.2. The first kappa shape index (κ1) is 15.3. The Morgan fingerprint density at radius 2 is 2.08 bits per heavy atom. The van der Waals surface area contributed by atoms with Gasteiger partial charge in [0.05, 0.1) is 22.2 Å². The summed E-state index contributed by atoms with van der Waals surface area (Å²) >= 11 is 0. The third kappa shape index (κ3) is 2.94. The second kappa shape index (κ2) is 6.32. The van der Waals surface area contributed by atoms with Crippen molar-refractivity contribution in [3.05, 3.63) is 65.6 Å². The molecule has 1 aromatic carbocycles. The number of nitrogens with one attached hydrogen (secondary N) is 1. The molecule has 0 fully saturated rings. The maximum Gasteiger partial charge on any atom is 0.257 e. The molecule has 4 aromatic rings. The normalized spacial score (nSPS) is 11.1. The quantitative estimate of drug-likeness (QED) is 0.621. The molecule has 0 aliphatic rings. The van der Waals surface area contributed by atoms with Gasteiger partial charge >= 0.3 is 0 Å². The number of para-hydroxylation sites is 1. The fraction of sp³-hybridized carbons (Fsp3) is 0.158. The van der Waals surface area contributed by atoms with Crippen molar-refractivity contribution in [2.45, 2.75) is 13.3 Å². The number of fused-ring (bicyclic) bond motifs is 2. The topological polar surface area (TPSA) is 80.9 Å². The van der Waals surface area contributed by atoms with Gasteiger partial charge < -0.3 is 9.84 Å². The fourth-order valence-corrected chi connectivity index (χ4v) is 2.85. The van der Waals surface area contributed by atoms with Crippen LogP contribution in [0.3, 0.4) is 0 Å². The number of pyridine rings is 2. The third-order valence-electron chi connectivity index (χ3n) is 4.17. The molecule has 0 aliphatic carbocycles. The molecule has 0 saturated carbocycles. The summed E-state index contributed by atoms with van der Waals surface area (Å²) in [6, 6.07) is 11.8. The Morgan fingerprint density at radius 3 is 3.00 bits per heavy atom. The number of aryl methyl sites for hydroxylation is 1. The Balaban J connectivity index is 1.47. The van der Waals surface area contributed by atoms with Gasteiger partial charge in [0.1, 0.15) is 0 Å². The molecule has 0 radical (unpaired) electrons. The highest BCUT2D eigenvalue weighted by molar-refractivity contribution is 5.97. The second-order valence-corrected chi connectivity index (χ2v) is 5.84. The fourth-order valence-electron chi connectivity index (χ4n) is 2.85. The molecular weight excluding hydrogens is 316 g/mol. The molecule has 0 saturated heterocycles. The first-order valence-corrected chi connectivity index (χ1v) is 8.05. The Morgan fingerprint density at radius 1 is 1.20 bits per heavy atom. The number of hydrogen-bond donors (Lipinski definition) is 1. The molecule has 3 aromatic heterocycles. The third-order valence-corrected chi connectivity index (χ3v) is 4.17. The zero-order valence-electron chi connectivity index (χ0n) is 13.7. The first-order valence-electron chi connectivity index (χ1n) is 8.05. The van der Waals surface area contributed by atoms with E-state index >= 15 is 0 Å². The van der Waals surface area contributed by atoms with Crippen LogP contribution in [0, 0.1) is 6.92 Å². The molecule has 6 nitrogen and oxygen atoms in total. The molecule has 6 heteroatoms. The highest BCUT2D eigenvalue weighted by Gasteiger charge is 2.11. The van der Waals surface area contributed by atoms with E-state index in [0.717, 1.165) is 27.5 Å². The van der Waals surface area contributed by atoms with Crippen LogP contribution in [-0.4, -0.2) is 27.6 Å². The van der Waals surface area contributed by atoms with Crippen LogP contribution in [0.15, 0.2) is 53.3 Å². The van der Waals surface area contributed by atoms with E-state index in [1.807, 2.05) is 37.3 Å². The monoisotopic (exact) mass is 332 g/mol. The number of carbonyl (C=O) groups is 1. The molecule has 0 bridgehead atoms.